The van der Waals surface area contributed by atoms with E-state index in [1.165, 1.54) is 17.0 Å². The molecule has 2 fully saturated rings. The number of nitrogens with two attached hydrogens (primary N) is 1. The summed E-state index contributed by atoms with van der Waals surface area (Å²) < 4.78 is 14.9. The summed E-state index contributed by atoms with van der Waals surface area (Å²) in [6.45, 7) is 1.42. The van der Waals surface area contributed by atoms with Gasteiger partial charge in [-0.05, 0) is 78.3 Å². The number of aryl methyl sites for hydroxylation is 1. The molecule has 5 rings (SSSR count). The van der Waals surface area contributed by atoms with Crippen LogP contribution in [0.2, 0.25) is 0 Å². The predicted octanol–water partition coefficient (Wildman–Crippen LogP) is 3.66. The molecule has 2 N–H and O–H groups in total. The molecule has 3 atom stereocenters. The number of benzene rings is 2. The van der Waals surface area contributed by atoms with Crippen molar-refractivity contribution >= 4 is 17.6 Å². The number of carbonyl (C=O) groups is 1. The molecule has 3 aromatic rings. The number of carbonyl (C=O) groups excluding carboxylic acids is 1. The van der Waals surface area contributed by atoms with Crippen molar-refractivity contribution in [2.45, 2.75) is 51.0 Å². The van der Waals surface area contributed by atoms with Gasteiger partial charge in [-0.2, -0.15) is 5.26 Å². The highest BCUT2D eigenvalue weighted by molar-refractivity contribution is 5.98. The second kappa shape index (κ2) is 12.2. The number of hydrogen-bond donors (Lipinski definition) is 1. The van der Waals surface area contributed by atoms with Crippen LogP contribution in [-0.2, 0) is 18.3 Å². The second-order valence-corrected chi connectivity index (χ2v) is 10.7. The molecule has 2 heterocycles. The highest BCUT2D eigenvalue weighted by Gasteiger charge is 2.36. The normalized spacial score (nSPS) is 21.6. The highest BCUT2D eigenvalue weighted by Crippen LogP contribution is 2.31. The number of aromatic nitrogens is 4. The van der Waals surface area contributed by atoms with Gasteiger partial charge in [0.1, 0.15) is 5.82 Å². The fourth-order valence-corrected chi connectivity index (χ4v) is 5.90. The third-order valence-electron chi connectivity index (χ3n) is 7.92. The number of rotatable bonds is 6. The molecule has 1 aliphatic carbocycles. The summed E-state index contributed by atoms with van der Waals surface area (Å²) in [6.07, 6.45) is 8.36. The minimum absolute atomic E-state index is 0.0632. The van der Waals surface area contributed by atoms with Crippen molar-refractivity contribution < 1.29 is 9.18 Å². The van der Waals surface area contributed by atoms with Gasteiger partial charge >= 0.3 is 0 Å². The lowest BCUT2D eigenvalue weighted by Gasteiger charge is -2.38. The van der Waals surface area contributed by atoms with E-state index in [4.69, 9.17) is 10.7 Å². The van der Waals surface area contributed by atoms with Gasteiger partial charge in [0, 0.05) is 25.7 Å². The van der Waals surface area contributed by atoms with E-state index in [1.807, 2.05) is 29.2 Å². The summed E-state index contributed by atoms with van der Waals surface area (Å²) in [7, 11) is 1.74. The summed E-state index contributed by atoms with van der Waals surface area (Å²) in [5.41, 5.74) is 8.78. The Morgan fingerprint density at radius 1 is 1.18 bits per heavy atom. The van der Waals surface area contributed by atoms with Gasteiger partial charge in [-0.15, -0.1) is 5.10 Å². The molecule has 11 heteroatoms. The van der Waals surface area contributed by atoms with Crippen molar-refractivity contribution in [3.05, 3.63) is 59.9 Å². The van der Waals surface area contributed by atoms with Crippen molar-refractivity contribution in [2.75, 3.05) is 18.0 Å². The summed E-state index contributed by atoms with van der Waals surface area (Å²) in [5.74, 6) is 0.571. The number of amides is 1. The van der Waals surface area contributed by atoms with Crippen LogP contribution in [0.4, 0.5) is 10.1 Å². The van der Waals surface area contributed by atoms with E-state index in [-0.39, 0.29) is 29.6 Å². The number of tetrazole rings is 1. The van der Waals surface area contributed by atoms with Crippen LogP contribution in [-0.4, -0.2) is 56.1 Å². The zero-order valence-electron chi connectivity index (χ0n) is 22.7. The molecule has 1 saturated carbocycles. The van der Waals surface area contributed by atoms with Crippen LogP contribution in [0.1, 0.15) is 44.1 Å². The average molecular weight is 544 g/mol. The zero-order valence-corrected chi connectivity index (χ0v) is 22.7. The number of halogens is 1. The first-order valence-electron chi connectivity index (χ1n) is 13.8. The Hall–Kier alpha value is -4.33. The molecule has 40 heavy (non-hydrogen) atoms. The molecule has 0 unspecified atom stereocenters. The molecule has 208 valence electrons. The summed E-state index contributed by atoms with van der Waals surface area (Å²) in [6, 6.07) is 13.6. The van der Waals surface area contributed by atoms with E-state index in [1.54, 1.807) is 23.9 Å². The third-order valence-corrected chi connectivity index (χ3v) is 7.92. The fraction of sp³-hybridized carbons (Fsp3) is 0.448. The Balaban J connectivity index is 1.30. The Morgan fingerprint density at radius 2 is 1.98 bits per heavy atom. The quantitative estimate of drug-likeness (QED) is 0.217. The van der Waals surface area contributed by atoms with Crippen molar-refractivity contribution in [2.24, 2.45) is 29.6 Å². The Kier molecular flexibility index (Phi) is 8.34. The smallest absolute Gasteiger partial charge is 0.227 e. The number of nitriles is 1. The number of likely N-dealkylation sites (tertiary alicyclic amines) is 1. The molecule has 1 aliphatic heterocycles. The summed E-state index contributed by atoms with van der Waals surface area (Å²) >= 11 is 0. The van der Waals surface area contributed by atoms with Gasteiger partial charge < -0.3 is 10.6 Å². The lowest BCUT2D eigenvalue weighted by Crippen LogP contribution is -2.47. The Bertz CT molecular complexity index is 1400. The lowest BCUT2D eigenvalue weighted by molar-refractivity contribution is -0.139. The predicted molar refractivity (Wildman–Crippen MR) is 149 cm³/mol. The van der Waals surface area contributed by atoms with Crippen LogP contribution in [0.25, 0.3) is 11.4 Å². The first-order chi connectivity index (χ1) is 19.4. The SMILES string of the molecule is Cn1nnnc1-c1cccc(N(C#N)C(N)=N[C@@H]2CCCC[C@H]2C(=O)N2CCC[C@@H](Cc3ccc(F)cc3)C2)c1. The lowest BCUT2D eigenvalue weighted by atomic mass is 9.82. The summed E-state index contributed by atoms with van der Waals surface area (Å²) in [4.78, 5) is 21.8. The molecule has 10 nitrogen and oxygen atoms in total. The summed E-state index contributed by atoms with van der Waals surface area (Å²) in [5, 5.41) is 21.6. The van der Waals surface area contributed by atoms with Gasteiger partial charge in [0.2, 0.25) is 11.9 Å². The van der Waals surface area contributed by atoms with Gasteiger partial charge in [0.05, 0.1) is 17.6 Å². The average Bonchev–Trinajstić information content (AvgIpc) is 3.41. The minimum Gasteiger partial charge on any atom is -0.369 e. The van der Waals surface area contributed by atoms with E-state index in [0.717, 1.165) is 62.6 Å². The van der Waals surface area contributed by atoms with Crippen LogP contribution < -0.4 is 10.6 Å². The van der Waals surface area contributed by atoms with Crippen molar-refractivity contribution in [1.82, 2.24) is 25.1 Å². The molecule has 2 aliphatic rings. The van der Waals surface area contributed by atoms with Gasteiger partial charge in [-0.25, -0.2) is 19.0 Å². The van der Waals surface area contributed by atoms with Crippen LogP contribution in [0.15, 0.2) is 53.5 Å². The Morgan fingerprint density at radius 3 is 2.73 bits per heavy atom. The highest BCUT2D eigenvalue weighted by atomic mass is 19.1. The maximum atomic E-state index is 13.8. The molecular weight excluding hydrogens is 509 g/mol. The monoisotopic (exact) mass is 543 g/mol. The van der Waals surface area contributed by atoms with E-state index < -0.39 is 0 Å². The first-order valence-corrected chi connectivity index (χ1v) is 13.8. The van der Waals surface area contributed by atoms with Gasteiger partial charge in [-0.3, -0.25) is 4.79 Å². The molecule has 0 bridgehead atoms. The van der Waals surface area contributed by atoms with Crippen LogP contribution in [0, 0.1) is 29.1 Å². The van der Waals surface area contributed by atoms with Gasteiger partial charge in [0.25, 0.3) is 0 Å². The van der Waals surface area contributed by atoms with Crippen LogP contribution >= 0.6 is 0 Å². The van der Waals surface area contributed by atoms with E-state index in [9.17, 15) is 14.4 Å². The van der Waals surface area contributed by atoms with Crippen molar-refractivity contribution in [3.63, 3.8) is 0 Å². The zero-order chi connectivity index (χ0) is 28.1. The molecule has 0 spiro atoms. The van der Waals surface area contributed by atoms with Crippen molar-refractivity contribution in [1.29, 1.82) is 5.26 Å². The number of anilines is 1. The molecule has 0 radical (unpaired) electrons. The number of aliphatic imine (C=N–C) groups is 1. The van der Waals surface area contributed by atoms with Crippen molar-refractivity contribution in [3.8, 4) is 17.6 Å². The minimum atomic E-state index is -0.291. The molecule has 1 aromatic heterocycles. The van der Waals surface area contributed by atoms with E-state index >= 15 is 0 Å². The largest absolute Gasteiger partial charge is 0.369 e. The molecule has 1 saturated heterocycles. The van der Waals surface area contributed by atoms with Gasteiger partial charge in [0.15, 0.2) is 12.0 Å². The molecule has 1 amide bonds. The number of nitrogens with zero attached hydrogens (tertiary/aromatic N) is 8. The number of piperidine rings is 1. The van der Waals surface area contributed by atoms with E-state index in [0.29, 0.717) is 24.0 Å². The molecule has 2 aromatic carbocycles. The molecular formula is C29H34FN9O. The van der Waals surface area contributed by atoms with Gasteiger partial charge in [-0.1, -0.05) is 37.1 Å². The third kappa shape index (κ3) is 6.11. The fourth-order valence-electron chi connectivity index (χ4n) is 5.90. The topological polar surface area (TPSA) is 129 Å². The first kappa shape index (κ1) is 27.2. The second-order valence-electron chi connectivity index (χ2n) is 10.7. The maximum Gasteiger partial charge on any atom is 0.227 e. The van der Waals surface area contributed by atoms with Crippen LogP contribution in [0.3, 0.4) is 0 Å². The number of guanidine groups is 1. The van der Waals surface area contributed by atoms with Crippen LogP contribution in [0.5, 0.6) is 0 Å². The van der Waals surface area contributed by atoms with E-state index in [2.05, 4.69) is 21.7 Å². The number of hydrogen-bond acceptors (Lipinski definition) is 6. The standard InChI is InChI=1S/C29H34FN9O/c1-37-27(34-35-36-37)22-7-4-8-24(17-22)39(19-31)29(32)33-26-10-3-2-9-25(26)28(40)38-15-5-6-21(18-38)16-20-11-13-23(30)14-12-20/h4,7-8,11-14,17,21,25-26H,2-3,5-6,9-10,15-16,18H2,1H3,(H2,32,33)/t21-,25+,26+/m0/s1. The Labute approximate surface area is 233 Å². The maximum absolute atomic E-state index is 13.8.